The van der Waals surface area contributed by atoms with Crippen molar-refractivity contribution < 1.29 is 8.42 Å². The van der Waals surface area contributed by atoms with Gasteiger partial charge in [-0.25, -0.2) is 8.42 Å². The molecule has 6 heteroatoms. The molecule has 0 saturated carbocycles. The number of sulfonamides is 1. The summed E-state index contributed by atoms with van der Waals surface area (Å²) in [5, 5.41) is 0. The minimum atomic E-state index is -3.30. The average Bonchev–Trinajstić information content (AvgIpc) is 2.98. The zero-order valence-corrected chi connectivity index (χ0v) is 10.9. The van der Waals surface area contributed by atoms with Crippen molar-refractivity contribution >= 4 is 10.0 Å². The van der Waals surface area contributed by atoms with Crippen molar-refractivity contribution in [3.63, 3.8) is 0 Å². The molecule has 0 radical (unpaired) electrons. The van der Waals surface area contributed by atoms with E-state index in [9.17, 15) is 8.42 Å². The molecule has 0 bridgehead atoms. The van der Waals surface area contributed by atoms with Gasteiger partial charge < -0.3 is 10.3 Å². The molecule has 1 aromatic heterocycles. The summed E-state index contributed by atoms with van der Waals surface area (Å²) in [6.07, 6.45) is 3.60. The predicted molar refractivity (Wildman–Crippen MR) is 66.0 cm³/mol. The summed E-state index contributed by atoms with van der Waals surface area (Å²) >= 11 is 0. The fourth-order valence-electron chi connectivity index (χ4n) is 2.21. The first kappa shape index (κ1) is 12.6. The topological polar surface area (TPSA) is 68.3 Å². The van der Waals surface area contributed by atoms with Gasteiger partial charge in [0.2, 0.25) is 10.0 Å². The maximum Gasteiger partial charge on any atom is 0.244 e. The van der Waals surface area contributed by atoms with Crippen molar-refractivity contribution in [3.05, 3.63) is 18.0 Å². The van der Waals surface area contributed by atoms with Gasteiger partial charge in [-0.05, 0) is 25.8 Å². The van der Waals surface area contributed by atoms with Gasteiger partial charge in [0.15, 0.2) is 0 Å². The molecule has 2 rings (SSSR count). The van der Waals surface area contributed by atoms with E-state index >= 15 is 0 Å². The van der Waals surface area contributed by atoms with E-state index in [-0.39, 0.29) is 0 Å². The van der Waals surface area contributed by atoms with Gasteiger partial charge in [0, 0.05) is 38.1 Å². The number of aromatic nitrogens is 1. The Morgan fingerprint density at radius 1 is 1.35 bits per heavy atom. The van der Waals surface area contributed by atoms with E-state index in [1.807, 2.05) is 11.5 Å². The SMILES string of the molecule is CCn1cc(S(=O)(=O)N2CCCC2)cc1CN. The number of aryl methyl sites for hydroxylation is 1. The van der Waals surface area contributed by atoms with Crippen LogP contribution in [0.4, 0.5) is 0 Å². The van der Waals surface area contributed by atoms with Gasteiger partial charge in [-0.2, -0.15) is 4.31 Å². The number of hydrogen-bond acceptors (Lipinski definition) is 3. The normalized spacial score (nSPS) is 17.8. The molecule has 96 valence electrons. The number of rotatable bonds is 4. The van der Waals surface area contributed by atoms with E-state index < -0.39 is 10.0 Å². The molecular formula is C11H19N3O2S. The third-order valence-electron chi connectivity index (χ3n) is 3.21. The predicted octanol–water partition coefficient (Wildman–Crippen LogP) is 0.751. The highest BCUT2D eigenvalue weighted by atomic mass is 32.2. The molecule has 1 aliphatic heterocycles. The minimum absolute atomic E-state index is 0.364. The van der Waals surface area contributed by atoms with E-state index in [0.29, 0.717) is 24.5 Å². The second-order valence-corrected chi connectivity index (χ2v) is 6.21. The Morgan fingerprint density at radius 3 is 2.47 bits per heavy atom. The van der Waals surface area contributed by atoms with E-state index in [1.165, 1.54) is 0 Å². The van der Waals surface area contributed by atoms with E-state index in [1.54, 1.807) is 16.6 Å². The van der Waals surface area contributed by atoms with Crippen LogP contribution in [0.1, 0.15) is 25.5 Å². The lowest BCUT2D eigenvalue weighted by Crippen LogP contribution is -2.27. The quantitative estimate of drug-likeness (QED) is 0.865. The molecule has 0 unspecified atom stereocenters. The van der Waals surface area contributed by atoms with E-state index in [4.69, 9.17) is 5.73 Å². The first-order chi connectivity index (χ1) is 8.09. The Balaban J connectivity index is 2.35. The Morgan fingerprint density at radius 2 is 2.00 bits per heavy atom. The fourth-order valence-corrected chi connectivity index (χ4v) is 3.79. The zero-order valence-electron chi connectivity index (χ0n) is 10.1. The molecule has 0 spiro atoms. The van der Waals surface area contributed by atoms with Gasteiger partial charge in [0.25, 0.3) is 0 Å². The summed E-state index contributed by atoms with van der Waals surface area (Å²) in [4.78, 5) is 0.377. The summed E-state index contributed by atoms with van der Waals surface area (Å²) in [7, 11) is -3.30. The molecule has 1 saturated heterocycles. The van der Waals surface area contributed by atoms with Crippen LogP contribution in [0.15, 0.2) is 17.2 Å². The molecule has 1 aromatic rings. The molecule has 1 fully saturated rings. The van der Waals surface area contributed by atoms with Gasteiger partial charge in [-0.15, -0.1) is 0 Å². The smallest absolute Gasteiger partial charge is 0.244 e. The van der Waals surface area contributed by atoms with Crippen LogP contribution in [0.2, 0.25) is 0 Å². The summed E-state index contributed by atoms with van der Waals surface area (Å²) in [6.45, 7) is 4.35. The van der Waals surface area contributed by atoms with Crippen LogP contribution in [0, 0.1) is 0 Å². The van der Waals surface area contributed by atoms with Crippen LogP contribution in [-0.2, 0) is 23.1 Å². The van der Waals surface area contributed by atoms with Crippen LogP contribution in [0.25, 0.3) is 0 Å². The molecule has 2 N–H and O–H groups in total. The molecule has 2 heterocycles. The molecule has 0 atom stereocenters. The highest BCUT2D eigenvalue weighted by molar-refractivity contribution is 7.89. The summed E-state index contributed by atoms with van der Waals surface area (Å²) in [5.41, 5.74) is 6.47. The maximum atomic E-state index is 12.3. The Kier molecular flexibility index (Phi) is 3.56. The molecule has 17 heavy (non-hydrogen) atoms. The molecule has 1 aliphatic rings. The number of nitrogens with two attached hydrogens (primary N) is 1. The number of nitrogens with zero attached hydrogens (tertiary/aromatic N) is 2. The van der Waals surface area contributed by atoms with Crippen molar-refractivity contribution in [1.29, 1.82) is 0 Å². The lowest BCUT2D eigenvalue weighted by Gasteiger charge is -2.13. The monoisotopic (exact) mass is 257 g/mol. The second kappa shape index (κ2) is 4.80. The third-order valence-corrected chi connectivity index (χ3v) is 5.08. The van der Waals surface area contributed by atoms with Crippen molar-refractivity contribution in [3.8, 4) is 0 Å². The number of hydrogen-bond donors (Lipinski definition) is 1. The highest BCUT2D eigenvalue weighted by Crippen LogP contribution is 2.22. The van der Waals surface area contributed by atoms with Gasteiger partial charge in [0.1, 0.15) is 4.90 Å². The third kappa shape index (κ3) is 2.25. The Labute approximate surface area is 102 Å². The van der Waals surface area contributed by atoms with Crippen molar-refractivity contribution in [1.82, 2.24) is 8.87 Å². The van der Waals surface area contributed by atoms with Crippen LogP contribution in [-0.4, -0.2) is 30.4 Å². The standard InChI is InChI=1S/C11H19N3O2S/c1-2-13-9-11(7-10(13)8-12)17(15,16)14-5-3-4-6-14/h7,9H,2-6,8,12H2,1H3. The van der Waals surface area contributed by atoms with Crippen molar-refractivity contribution in [2.75, 3.05) is 13.1 Å². The Bertz CT molecular complexity index is 465. The van der Waals surface area contributed by atoms with Gasteiger partial charge in [-0.3, -0.25) is 0 Å². The van der Waals surface area contributed by atoms with Crippen LogP contribution in [0.5, 0.6) is 0 Å². The van der Waals surface area contributed by atoms with Crippen molar-refractivity contribution in [2.45, 2.75) is 37.8 Å². The van der Waals surface area contributed by atoms with E-state index in [0.717, 1.165) is 25.1 Å². The van der Waals surface area contributed by atoms with E-state index in [2.05, 4.69) is 0 Å². The molecular weight excluding hydrogens is 238 g/mol. The zero-order chi connectivity index (χ0) is 12.5. The maximum absolute atomic E-state index is 12.3. The molecule has 0 aliphatic carbocycles. The van der Waals surface area contributed by atoms with Crippen LogP contribution in [0.3, 0.4) is 0 Å². The molecule has 5 nitrogen and oxygen atoms in total. The summed E-state index contributed by atoms with van der Waals surface area (Å²) in [6, 6.07) is 1.69. The summed E-state index contributed by atoms with van der Waals surface area (Å²) < 4.78 is 28.1. The molecule has 0 amide bonds. The largest absolute Gasteiger partial charge is 0.349 e. The average molecular weight is 257 g/mol. The summed E-state index contributed by atoms with van der Waals surface area (Å²) in [5.74, 6) is 0. The lowest BCUT2D eigenvalue weighted by molar-refractivity contribution is 0.477. The van der Waals surface area contributed by atoms with Crippen LogP contribution < -0.4 is 5.73 Å². The lowest BCUT2D eigenvalue weighted by atomic mass is 10.4. The Hall–Kier alpha value is -0.850. The van der Waals surface area contributed by atoms with Crippen LogP contribution >= 0.6 is 0 Å². The minimum Gasteiger partial charge on any atom is -0.349 e. The highest BCUT2D eigenvalue weighted by Gasteiger charge is 2.28. The first-order valence-electron chi connectivity index (χ1n) is 5.99. The van der Waals surface area contributed by atoms with Crippen molar-refractivity contribution in [2.24, 2.45) is 5.73 Å². The molecule has 0 aromatic carbocycles. The van der Waals surface area contributed by atoms with Gasteiger partial charge in [0.05, 0.1) is 0 Å². The fraction of sp³-hybridized carbons (Fsp3) is 0.636. The van der Waals surface area contributed by atoms with Gasteiger partial charge >= 0.3 is 0 Å². The van der Waals surface area contributed by atoms with Gasteiger partial charge in [-0.1, -0.05) is 0 Å². The second-order valence-electron chi connectivity index (χ2n) is 4.27. The first-order valence-corrected chi connectivity index (χ1v) is 7.43.